The number of hydrogen-bond donors (Lipinski definition) is 2. The van der Waals surface area contributed by atoms with Crippen LogP contribution in [-0.4, -0.2) is 30.8 Å². The molecule has 0 saturated carbocycles. The van der Waals surface area contributed by atoms with Gasteiger partial charge >= 0.3 is 6.03 Å². The Morgan fingerprint density at radius 2 is 1.94 bits per heavy atom. The Morgan fingerprint density at radius 1 is 1.17 bits per heavy atom. The molecule has 0 saturated heterocycles. The predicted molar refractivity (Wildman–Crippen MR) is 142 cm³/mol. The van der Waals surface area contributed by atoms with Crippen molar-refractivity contribution in [2.45, 2.75) is 36.9 Å². The number of nitrogens with one attached hydrogen (secondary N) is 2. The Balaban J connectivity index is 1.48. The first-order valence-corrected chi connectivity index (χ1v) is 14.3. The minimum absolute atomic E-state index is 0.113. The van der Waals surface area contributed by atoms with Crippen LogP contribution in [0, 0.1) is 6.92 Å². The molecule has 1 aliphatic carbocycles. The van der Waals surface area contributed by atoms with E-state index in [-0.39, 0.29) is 20.1 Å². The molecule has 2 amide bonds. The minimum Gasteiger partial charge on any atom is -0.334 e. The third-order valence-electron chi connectivity index (χ3n) is 5.49. The summed E-state index contributed by atoms with van der Waals surface area (Å²) in [6, 6.07) is 5.72. The van der Waals surface area contributed by atoms with E-state index >= 15 is 0 Å². The van der Waals surface area contributed by atoms with E-state index in [4.69, 9.17) is 51.5 Å². The second kappa shape index (κ2) is 10.7. The summed E-state index contributed by atoms with van der Waals surface area (Å²) in [5, 5.41) is 8.53. The lowest BCUT2D eigenvalue weighted by molar-refractivity contribution is 0.247. The molecule has 4 rings (SSSR count). The van der Waals surface area contributed by atoms with Gasteiger partial charge in [-0.2, -0.15) is 5.10 Å². The minimum atomic E-state index is -4.08. The molecular formula is C22H20Cl4N4O3S2. The third-order valence-corrected chi connectivity index (χ3v) is 9.75. The zero-order valence-corrected chi connectivity index (χ0v) is 23.0. The number of rotatable bonds is 6. The first-order chi connectivity index (χ1) is 16.5. The quantitative estimate of drug-likeness (QED) is 0.349. The van der Waals surface area contributed by atoms with Gasteiger partial charge in [0.2, 0.25) is 0 Å². The molecule has 3 aromatic rings. The second-order valence-corrected chi connectivity index (χ2v) is 12.7. The number of thiophene rings is 1. The van der Waals surface area contributed by atoms with Gasteiger partial charge in [0.15, 0.2) is 0 Å². The van der Waals surface area contributed by atoms with Crippen LogP contribution in [-0.2, 0) is 23.0 Å². The lowest BCUT2D eigenvalue weighted by atomic mass is 9.91. The molecule has 13 heteroatoms. The fourth-order valence-corrected chi connectivity index (χ4v) is 7.19. The fraction of sp³-hybridized carbons (Fsp3) is 0.273. The summed E-state index contributed by atoms with van der Waals surface area (Å²) in [5.41, 5.74) is 5.02. The Kier molecular flexibility index (Phi) is 8.05. The zero-order chi connectivity index (χ0) is 25.3. The van der Waals surface area contributed by atoms with Gasteiger partial charge in [-0.25, -0.2) is 17.9 Å². The molecular weight excluding hydrogens is 574 g/mol. The number of aromatic nitrogens is 2. The molecule has 0 spiro atoms. The molecule has 2 aromatic heterocycles. The van der Waals surface area contributed by atoms with E-state index in [1.165, 1.54) is 6.07 Å². The highest BCUT2D eigenvalue weighted by Crippen LogP contribution is 2.35. The summed E-state index contributed by atoms with van der Waals surface area (Å²) >= 11 is 24.8. The zero-order valence-electron chi connectivity index (χ0n) is 18.4. The molecule has 0 aliphatic heterocycles. The second-order valence-electron chi connectivity index (χ2n) is 7.89. The van der Waals surface area contributed by atoms with Gasteiger partial charge in [-0.1, -0.05) is 58.5 Å². The largest absolute Gasteiger partial charge is 0.334 e. The average molecular weight is 594 g/mol. The SMILES string of the molecule is Cc1nn(Cc2ccc(Cl)cc2Cl)c2c1CCCC2=CCNC(=O)NS(=O)(=O)c1cc(Cl)c(Cl)s1. The van der Waals surface area contributed by atoms with Gasteiger partial charge in [-0.3, -0.25) is 4.68 Å². The van der Waals surface area contributed by atoms with Crippen molar-refractivity contribution in [1.29, 1.82) is 0 Å². The smallest absolute Gasteiger partial charge is 0.328 e. The first kappa shape index (κ1) is 26.3. The van der Waals surface area contributed by atoms with Crippen LogP contribution in [0.1, 0.15) is 35.4 Å². The Hall–Kier alpha value is -1.75. The van der Waals surface area contributed by atoms with Crippen LogP contribution in [0.5, 0.6) is 0 Å². The van der Waals surface area contributed by atoms with Crippen molar-refractivity contribution in [2.75, 3.05) is 6.54 Å². The summed E-state index contributed by atoms with van der Waals surface area (Å²) in [6.45, 7) is 2.58. The van der Waals surface area contributed by atoms with Gasteiger partial charge < -0.3 is 5.32 Å². The molecule has 0 radical (unpaired) electrons. The summed E-state index contributed by atoms with van der Waals surface area (Å²) in [7, 11) is -4.08. The maximum atomic E-state index is 12.4. The number of carbonyl (C=O) groups is 1. The monoisotopic (exact) mass is 592 g/mol. The Morgan fingerprint density at radius 3 is 2.63 bits per heavy atom. The molecule has 186 valence electrons. The number of carbonyl (C=O) groups excluding carboxylic acids is 1. The molecule has 1 aliphatic rings. The van der Waals surface area contributed by atoms with Crippen LogP contribution in [0.25, 0.3) is 5.57 Å². The Labute approximate surface area is 227 Å². The van der Waals surface area contributed by atoms with E-state index in [1.54, 1.807) is 12.1 Å². The number of nitrogens with zero attached hydrogens (tertiary/aromatic N) is 2. The van der Waals surface area contributed by atoms with Crippen molar-refractivity contribution >= 4 is 79.4 Å². The lowest BCUT2D eigenvalue weighted by Crippen LogP contribution is -2.39. The Bertz CT molecular complexity index is 1410. The maximum Gasteiger partial charge on any atom is 0.328 e. The van der Waals surface area contributed by atoms with Crippen LogP contribution >= 0.6 is 57.7 Å². The summed E-state index contributed by atoms with van der Waals surface area (Å²) in [6.07, 6.45) is 4.54. The number of hydrogen-bond acceptors (Lipinski definition) is 5. The topological polar surface area (TPSA) is 93.1 Å². The summed E-state index contributed by atoms with van der Waals surface area (Å²) < 4.78 is 28.6. The number of aryl methyl sites for hydroxylation is 1. The molecule has 0 fully saturated rings. The summed E-state index contributed by atoms with van der Waals surface area (Å²) in [4.78, 5) is 12.3. The molecule has 0 atom stereocenters. The van der Waals surface area contributed by atoms with Gasteiger partial charge in [0, 0.05) is 22.2 Å². The van der Waals surface area contributed by atoms with Crippen molar-refractivity contribution in [3.05, 3.63) is 72.3 Å². The van der Waals surface area contributed by atoms with Crippen LogP contribution in [0.2, 0.25) is 19.4 Å². The standard InChI is InChI=1S/C22H20Cl4N4O3S2/c1-12-16-4-2-3-13(20(16)30(28-12)11-14-5-6-15(23)9-17(14)24)7-8-27-22(31)29-35(32,33)19-10-18(25)21(26)34-19/h5-7,9-10H,2-4,8,11H2,1H3,(H2,27,29,31). The van der Waals surface area contributed by atoms with Gasteiger partial charge in [0.25, 0.3) is 10.0 Å². The first-order valence-electron chi connectivity index (χ1n) is 10.5. The van der Waals surface area contributed by atoms with E-state index < -0.39 is 16.1 Å². The molecule has 2 heterocycles. The van der Waals surface area contributed by atoms with E-state index in [0.29, 0.717) is 16.6 Å². The molecule has 1 aromatic carbocycles. The third kappa shape index (κ3) is 5.98. The fourth-order valence-electron chi connectivity index (χ4n) is 3.91. The lowest BCUT2D eigenvalue weighted by Gasteiger charge is -2.19. The van der Waals surface area contributed by atoms with E-state index in [9.17, 15) is 13.2 Å². The normalized spacial score (nSPS) is 14.7. The molecule has 2 N–H and O–H groups in total. The number of halogens is 4. The number of urea groups is 1. The van der Waals surface area contributed by atoms with Crippen LogP contribution in [0.3, 0.4) is 0 Å². The highest BCUT2D eigenvalue weighted by atomic mass is 35.5. The van der Waals surface area contributed by atoms with Crippen molar-refractivity contribution in [1.82, 2.24) is 19.8 Å². The highest BCUT2D eigenvalue weighted by molar-refractivity contribution is 7.92. The van der Waals surface area contributed by atoms with Crippen molar-refractivity contribution < 1.29 is 13.2 Å². The van der Waals surface area contributed by atoms with Crippen LogP contribution < -0.4 is 10.0 Å². The van der Waals surface area contributed by atoms with Crippen LogP contribution in [0.4, 0.5) is 4.79 Å². The van der Waals surface area contributed by atoms with Gasteiger partial charge in [0.05, 0.1) is 23.0 Å². The number of fused-ring (bicyclic) bond motifs is 1. The van der Waals surface area contributed by atoms with E-state index in [0.717, 1.165) is 58.7 Å². The van der Waals surface area contributed by atoms with E-state index in [2.05, 4.69) is 5.32 Å². The number of benzene rings is 1. The average Bonchev–Trinajstić information content (AvgIpc) is 3.29. The number of amides is 2. The van der Waals surface area contributed by atoms with E-state index in [1.807, 2.05) is 28.5 Å². The predicted octanol–water partition coefficient (Wildman–Crippen LogP) is 6.32. The van der Waals surface area contributed by atoms with Gasteiger partial charge in [-0.15, -0.1) is 11.3 Å². The van der Waals surface area contributed by atoms with Crippen LogP contribution in [0.15, 0.2) is 34.6 Å². The summed E-state index contributed by atoms with van der Waals surface area (Å²) in [5.74, 6) is 0. The molecule has 7 nitrogen and oxygen atoms in total. The van der Waals surface area contributed by atoms with Gasteiger partial charge in [-0.05, 0) is 55.5 Å². The molecule has 35 heavy (non-hydrogen) atoms. The molecule has 0 unspecified atom stereocenters. The van der Waals surface area contributed by atoms with Crippen molar-refractivity contribution in [3.63, 3.8) is 0 Å². The van der Waals surface area contributed by atoms with Crippen molar-refractivity contribution in [3.8, 4) is 0 Å². The number of allylic oxidation sites excluding steroid dienone is 1. The van der Waals surface area contributed by atoms with Crippen molar-refractivity contribution in [2.24, 2.45) is 0 Å². The maximum absolute atomic E-state index is 12.4. The highest BCUT2D eigenvalue weighted by Gasteiger charge is 2.24. The molecule has 0 bridgehead atoms. The number of sulfonamides is 1. The van der Waals surface area contributed by atoms with Gasteiger partial charge in [0.1, 0.15) is 8.55 Å².